The van der Waals surface area contributed by atoms with Crippen LogP contribution in [0.2, 0.25) is 5.02 Å². The third-order valence-corrected chi connectivity index (χ3v) is 5.71. The van der Waals surface area contributed by atoms with Crippen LogP contribution in [0.25, 0.3) is 0 Å². The Bertz CT molecular complexity index is 1020. The van der Waals surface area contributed by atoms with Gasteiger partial charge in [0.1, 0.15) is 11.4 Å². The van der Waals surface area contributed by atoms with Crippen LogP contribution in [-0.4, -0.2) is 38.7 Å². The molecule has 2 fully saturated rings. The first-order valence-electron chi connectivity index (χ1n) is 10.0. The lowest BCUT2D eigenvalue weighted by molar-refractivity contribution is -0.139. The molecule has 1 amide bonds. The van der Waals surface area contributed by atoms with Gasteiger partial charge in [-0.25, -0.2) is 9.67 Å². The molecule has 31 heavy (non-hydrogen) atoms. The Kier molecular flexibility index (Phi) is 6.02. The second-order valence-electron chi connectivity index (χ2n) is 7.97. The van der Waals surface area contributed by atoms with E-state index in [0.717, 1.165) is 23.6 Å². The average molecular weight is 456 g/mol. The lowest BCUT2D eigenvalue weighted by Crippen LogP contribution is -2.44. The van der Waals surface area contributed by atoms with Crippen LogP contribution in [0.5, 0.6) is 0 Å². The largest absolute Gasteiger partial charge is 0.421 e. The van der Waals surface area contributed by atoms with Crippen LogP contribution in [0, 0.1) is 5.92 Å². The Morgan fingerprint density at radius 3 is 2.68 bits per heavy atom. The van der Waals surface area contributed by atoms with Crippen LogP contribution in [-0.2, 0) is 17.6 Å². The van der Waals surface area contributed by atoms with E-state index >= 15 is 0 Å². The SMILES string of the molecule is O=C(Nc1ccc(Cl)cn1)C1CCCN(Cn2nc(C3CC3)cc(C(F)(F)F)c2=O)C1. The van der Waals surface area contributed by atoms with Crippen molar-refractivity contribution >= 4 is 23.3 Å². The molecule has 0 radical (unpaired) electrons. The normalized spacial score (nSPS) is 19.9. The van der Waals surface area contributed by atoms with Gasteiger partial charge in [-0.15, -0.1) is 0 Å². The van der Waals surface area contributed by atoms with Gasteiger partial charge in [0.25, 0.3) is 5.56 Å². The van der Waals surface area contributed by atoms with Gasteiger partial charge in [-0.05, 0) is 50.4 Å². The van der Waals surface area contributed by atoms with E-state index in [1.165, 1.54) is 6.20 Å². The van der Waals surface area contributed by atoms with Crippen LogP contribution in [0.15, 0.2) is 29.2 Å². The van der Waals surface area contributed by atoms with Crippen molar-refractivity contribution in [2.45, 2.75) is 44.4 Å². The van der Waals surface area contributed by atoms with E-state index in [1.54, 1.807) is 17.0 Å². The van der Waals surface area contributed by atoms with Gasteiger partial charge in [0, 0.05) is 18.7 Å². The molecule has 2 aromatic heterocycles. The maximum Gasteiger partial charge on any atom is 0.421 e. The first-order chi connectivity index (χ1) is 14.7. The van der Waals surface area contributed by atoms with E-state index in [4.69, 9.17) is 11.6 Å². The molecule has 2 aliphatic rings. The predicted octanol–water partition coefficient (Wildman–Crippen LogP) is 3.50. The molecule has 1 aliphatic carbocycles. The zero-order valence-electron chi connectivity index (χ0n) is 16.5. The molecule has 0 aromatic carbocycles. The molecule has 1 saturated heterocycles. The molecule has 3 heterocycles. The number of amides is 1. The molecule has 0 spiro atoms. The first-order valence-corrected chi connectivity index (χ1v) is 10.4. The van der Waals surface area contributed by atoms with E-state index in [1.807, 2.05) is 0 Å². The number of hydrogen-bond acceptors (Lipinski definition) is 5. The van der Waals surface area contributed by atoms with E-state index in [9.17, 15) is 22.8 Å². The molecule has 1 aliphatic heterocycles. The molecule has 1 N–H and O–H groups in total. The van der Waals surface area contributed by atoms with Gasteiger partial charge in [-0.2, -0.15) is 18.3 Å². The number of aromatic nitrogens is 3. The highest BCUT2D eigenvalue weighted by atomic mass is 35.5. The van der Waals surface area contributed by atoms with Crippen molar-refractivity contribution in [3.63, 3.8) is 0 Å². The number of rotatable bonds is 5. The topological polar surface area (TPSA) is 80.1 Å². The summed E-state index contributed by atoms with van der Waals surface area (Å²) in [6, 6.07) is 4.08. The van der Waals surface area contributed by atoms with E-state index in [2.05, 4.69) is 15.4 Å². The Balaban J connectivity index is 1.48. The molecular weight excluding hydrogens is 435 g/mol. The third-order valence-electron chi connectivity index (χ3n) is 5.48. The second kappa shape index (κ2) is 8.58. The second-order valence-corrected chi connectivity index (χ2v) is 8.40. The van der Waals surface area contributed by atoms with Gasteiger partial charge in [0.15, 0.2) is 0 Å². The van der Waals surface area contributed by atoms with Gasteiger partial charge in [0.2, 0.25) is 5.91 Å². The van der Waals surface area contributed by atoms with Gasteiger partial charge in [-0.1, -0.05) is 11.6 Å². The van der Waals surface area contributed by atoms with Gasteiger partial charge in [0.05, 0.1) is 23.3 Å². The number of alkyl halides is 3. The van der Waals surface area contributed by atoms with Crippen LogP contribution in [0.4, 0.5) is 19.0 Å². The maximum atomic E-state index is 13.3. The number of halogens is 4. The summed E-state index contributed by atoms with van der Waals surface area (Å²) in [6.07, 6.45) is -0.460. The molecule has 1 saturated carbocycles. The third kappa shape index (κ3) is 5.24. The molecule has 7 nitrogen and oxygen atoms in total. The van der Waals surface area contributed by atoms with E-state index in [-0.39, 0.29) is 24.4 Å². The Labute approximate surface area is 181 Å². The molecule has 4 rings (SSSR count). The molecule has 1 unspecified atom stereocenters. The number of carbonyl (C=O) groups is 1. The fourth-order valence-corrected chi connectivity index (χ4v) is 3.82. The number of nitrogens with one attached hydrogen (secondary N) is 1. The predicted molar refractivity (Wildman–Crippen MR) is 108 cm³/mol. The number of carbonyl (C=O) groups excluding carboxylic acids is 1. The van der Waals surface area contributed by atoms with E-state index in [0.29, 0.717) is 42.5 Å². The Morgan fingerprint density at radius 1 is 1.26 bits per heavy atom. The summed E-state index contributed by atoms with van der Waals surface area (Å²) in [7, 11) is 0. The van der Waals surface area contributed by atoms with E-state index < -0.39 is 17.3 Å². The molecule has 166 valence electrons. The molecular formula is C20H21ClF3N5O2. The lowest BCUT2D eigenvalue weighted by atomic mass is 9.97. The van der Waals surface area contributed by atoms with Crippen molar-refractivity contribution in [1.29, 1.82) is 0 Å². The van der Waals surface area contributed by atoms with Crippen molar-refractivity contribution < 1.29 is 18.0 Å². The molecule has 0 bridgehead atoms. The quantitative estimate of drug-likeness (QED) is 0.746. The zero-order valence-corrected chi connectivity index (χ0v) is 17.3. The van der Waals surface area contributed by atoms with Crippen molar-refractivity contribution in [3.8, 4) is 0 Å². The summed E-state index contributed by atoms with van der Waals surface area (Å²) < 4.78 is 40.9. The van der Waals surface area contributed by atoms with Crippen molar-refractivity contribution in [1.82, 2.24) is 19.7 Å². The average Bonchev–Trinajstić information content (AvgIpc) is 3.56. The maximum absolute atomic E-state index is 13.3. The monoisotopic (exact) mass is 455 g/mol. The highest BCUT2D eigenvalue weighted by molar-refractivity contribution is 6.30. The van der Waals surface area contributed by atoms with Crippen LogP contribution >= 0.6 is 11.6 Å². The fourth-order valence-electron chi connectivity index (χ4n) is 3.71. The minimum absolute atomic E-state index is 0.0280. The van der Waals surface area contributed by atoms with Crippen LogP contribution in [0.3, 0.4) is 0 Å². The minimum atomic E-state index is -4.73. The Morgan fingerprint density at radius 2 is 2.03 bits per heavy atom. The summed E-state index contributed by atoms with van der Waals surface area (Å²) in [5.41, 5.74) is -2.05. The number of anilines is 1. The van der Waals surface area contributed by atoms with Crippen molar-refractivity contribution in [2.75, 3.05) is 18.4 Å². The lowest BCUT2D eigenvalue weighted by Gasteiger charge is -2.32. The number of likely N-dealkylation sites (tertiary alicyclic amines) is 1. The summed E-state index contributed by atoms with van der Waals surface area (Å²) in [4.78, 5) is 30.9. The van der Waals surface area contributed by atoms with Crippen LogP contribution < -0.4 is 10.9 Å². The minimum Gasteiger partial charge on any atom is -0.310 e. The van der Waals surface area contributed by atoms with Gasteiger partial charge in [-0.3, -0.25) is 14.5 Å². The first kappa shape index (κ1) is 21.8. The molecule has 1 atom stereocenters. The highest BCUT2D eigenvalue weighted by Gasteiger charge is 2.38. The van der Waals surface area contributed by atoms with Crippen molar-refractivity contribution in [2.24, 2.45) is 5.92 Å². The summed E-state index contributed by atoms with van der Waals surface area (Å²) >= 11 is 5.79. The van der Waals surface area contributed by atoms with Crippen molar-refractivity contribution in [3.05, 3.63) is 51.0 Å². The molecule has 11 heteroatoms. The zero-order chi connectivity index (χ0) is 22.2. The summed E-state index contributed by atoms with van der Waals surface area (Å²) in [6.45, 7) is 0.778. The molecule has 2 aromatic rings. The number of pyridine rings is 1. The summed E-state index contributed by atoms with van der Waals surface area (Å²) in [5, 5.41) is 7.37. The summed E-state index contributed by atoms with van der Waals surface area (Å²) in [5.74, 6) is -0.269. The van der Waals surface area contributed by atoms with Crippen LogP contribution in [0.1, 0.15) is 42.9 Å². The number of piperidine rings is 1. The number of hydrogen-bond donors (Lipinski definition) is 1. The smallest absolute Gasteiger partial charge is 0.310 e. The highest BCUT2D eigenvalue weighted by Crippen LogP contribution is 2.40. The van der Waals surface area contributed by atoms with Gasteiger partial charge < -0.3 is 5.32 Å². The standard InChI is InChI=1S/C20H21ClF3N5O2/c21-14-5-6-17(25-9-14)26-18(30)13-2-1-7-28(10-13)11-29-19(31)15(20(22,23)24)8-16(27-29)12-3-4-12/h5-6,8-9,12-13H,1-4,7,10-11H2,(H,25,26,30). The Hall–Kier alpha value is -2.46. The fraction of sp³-hybridized carbons (Fsp3) is 0.500. The number of nitrogens with zero attached hydrogens (tertiary/aromatic N) is 4. The van der Waals surface area contributed by atoms with Gasteiger partial charge >= 0.3 is 6.18 Å².